The maximum absolute atomic E-state index is 5.46. The van der Waals surface area contributed by atoms with Gasteiger partial charge in [-0.3, -0.25) is 14.3 Å². The van der Waals surface area contributed by atoms with E-state index < -0.39 is 0 Å². The van der Waals surface area contributed by atoms with Gasteiger partial charge in [0.15, 0.2) is 11.6 Å². The van der Waals surface area contributed by atoms with Gasteiger partial charge >= 0.3 is 0 Å². The number of pyridine rings is 1. The maximum Gasteiger partial charge on any atom is 0.191 e. The highest BCUT2D eigenvalue weighted by atomic mass is 16.5. The van der Waals surface area contributed by atoms with Crippen LogP contribution in [0.4, 0.5) is 0 Å². The summed E-state index contributed by atoms with van der Waals surface area (Å²) in [5, 5.41) is 15.3. The Morgan fingerprint density at radius 2 is 2.04 bits per heavy atom. The van der Waals surface area contributed by atoms with E-state index in [1.807, 2.05) is 35.8 Å². The number of morpholine rings is 1. The van der Waals surface area contributed by atoms with Crippen LogP contribution in [0.5, 0.6) is 0 Å². The van der Waals surface area contributed by atoms with E-state index in [0.717, 1.165) is 69.7 Å². The van der Waals surface area contributed by atoms with Crippen LogP contribution in [0.1, 0.15) is 26.1 Å². The SMILES string of the molecule is CN=C(NCCCc1nnc2ccccn12)NCC(C)(C)N1CCOCC1. The van der Waals surface area contributed by atoms with Crippen molar-refractivity contribution in [2.45, 2.75) is 32.2 Å². The molecule has 8 heteroatoms. The molecule has 0 atom stereocenters. The molecule has 1 fully saturated rings. The van der Waals surface area contributed by atoms with Crippen molar-refractivity contribution in [2.75, 3.05) is 46.4 Å². The normalized spacial score (nSPS) is 16.6. The average Bonchev–Trinajstić information content (AvgIpc) is 3.11. The number of rotatable bonds is 7. The van der Waals surface area contributed by atoms with Crippen LogP contribution in [0, 0.1) is 0 Å². The first-order valence-corrected chi connectivity index (χ1v) is 9.66. The van der Waals surface area contributed by atoms with Crippen molar-refractivity contribution in [1.29, 1.82) is 0 Å². The molecule has 8 nitrogen and oxygen atoms in total. The van der Waals surface area contributed by atoms with E-state index in [2.05, 4.69) is 44.6 Å². The zero-order chi connectivity index (χ0) is 19.1. The summed E-state index contributed by atoms with van der Waals surface area (Å²) in [7, 11) is 1.81. The number of guanidine groups is 1. The van der Waals surface area contributed by atoms with Crippen molar-refractivity contribution < 1.29 is 4.74 Å². The lowest BCUT2D eigenvalue weighted by molar-refractivity contribution is -0.00833. The summed E-state index contributed by atoms with van der Waals surface area (Å²) < 4.78 is 7.49. The van der Waals surface area contributed by atoms with Crippen molar-refractivity contribution >= 4 is 11.6 Å². The zero-order valence-electron chi connectivity index (χ0n) is 16.6. The molecule has 0 aromatic carbocycles. The lowest BCUT2D eigenvalue weighted by atomic mass is 10.0. The van der Waals surface area contributed by atoms with Gasteiger partial charge in [-0.25, -0.2) is 0 Å². The molecule has 148 valence electrons. The van der Waals surface area contributed by atoms with Gasteiger partial charge in [-0.05, 0) is 32.4 Å². The van der Waals surface area contributed by atoms with Crippen molar-refractivity contribution in [2.24, 2.45) is 4.99 Å². The van der Waals surface area contributed by atoms with Crippen LogP contribution in [-0.4, -0.2) is 77.4 Å². The molecule has 1 saturated heterocycles. The molecule has 0 aliphatic carbocycles. The summed E-state index contributed by atoms with van der Waals surface area (Å²) >= 11 is 0. The van der Waals surface area contributed by atoms with Gasteiger partial charge in [0.2, 0.25) is 0 Å². The average molecular weight is 374 g/mol. The molecule has 0 radical (unpaired) electrons. The zero-order valence-corrected chi connectivity index (χ0v) is 16.6. The number of aromatic nitrogens is 3. The topological polar surface area (TPSA) is 79.1 Å². The van der Waals surface area contributed by atoms with E-state index in [1.165, 1.54) is 0 Å². The van der Waals surface area contributed by atoms with E-state index >= 15 is 0 Å². The predicted octanol–water partition coefficient (Wildman–Crippen LogP) is 0.938. The highest BCUT2D eigenvalue weighted by Crippen LogP contribution is 2.15. The Labute approximate surface area is 161 Å². The Morgan fingerprint density at radius 1 is 1.22 bits per heavy atom. The standard InChI is InChI=1S/C19H31N7O/c1-19(2,25-11-13-27-14-12-25)15-22-18(20-3)21-9-6-8-17-24-23-16-7-4-5-10-26(16)17/h4-5,7,10H,6,8-9,11-15H2,1-3H3,(H2,20,21,22). The predicted molar refractivity (Wildman–Crippen MR) is 107 cm³/mol. The first-order chi connectivity index (χ1) is 13.1. The van der Waals surface area contributed by atoms with Gasteiger partial charge in [-0.15, -0.1) is 10.2 Å². The number of nitrogens with zero attached hydrogens (tertiary/aromatic N) is 5. The summed E-state index contributed by atoms with van der Waals surface area (Å²) in [5.41, 5.74) is 0.949. The minimum Gasteiger partial charge on any atom is -0.379 e. The fourth-order valence-electron chi connectivity index (χ4n) is 3.32. The summed E-state index contributed by atoms with van der Waals surface area (Å²) in [6.07, 6.45) is 3.84. The molecular formula is C19H31N7O. The third kappa shape index (κ3) is 5.17. The van der Waals surface area contributed by atoms with Crippen LogP contribution >= 0.6 is 0 Å². The van der Waals surface area contributed by atoms with Crippen molar-refractivity contribution in [3.63, 3.8) is 0 Å². The molecule has 0 bridgehead atoms. The fraction of sp³-hybridized carbons (Fsp3) is 0.632. The second-order valence-corrected chi connectivity index (χ2v) is 7.41. The molecule has 2 aromatic heterocycles. The van der Waals surface area contributed by atoms with Gasteiger partial charge in [0.1, 0.15) is 5.82 Å². The molecule has 2 aromatic rings. The highest BCUT2D eigenvalue weighted by Gasteiger charge is 2.28. The third-order valence-corrected chi connectivity index (χ3v) is 5.03. The fourth-order valence-corrected chi connectivity index (χ4v) is 3.32. The van der Waals surface area contributed by atoms with Crippen LogP contribution in [0.25, 0.3) is 5.65 Å². The summed E-state index contributed by atoms with van der Waals surface area (Å²) in [5.74, 6) is 1.83. The summed E-state index contributed by atoms with van der Waals surface area (Å²) in [6.45, 7) is 9.77. The smallest absolute Gasteiger partial charge is 0.191 e. The van der Waals surface area contributed by atoms with Crippen LogP contribution in [-0.2, 0) is 11.2 Å². The molecule has 1 aliphatic rings. The number of ether oxygens (including phenoxy) is 1. The summed E-state index contributed by atoms with van der Waals surface area (Å²) in [4.78, 5) is 6.80. The van der Waals surface area contributed by atoms with Crippen molar-refractivity contribution in [1.82, 2.24) is 30.1 Å². The number of nitrogens with one attached hydrogen (secondary N) is 2. The van der Waals surface area contributed by atoms with E-state index in [0.29, 0.717) is 0 Å². The van der Waals surface area contributed by atoms with Crippen molar-refractivity contribution in [3.05, 3.63) is 30.2 Å². The van der Waals surface area contributed by atoms with Crippen molar-refractivity contribution in [3.8, 4) is 0 Å². The molecule has 0 unspecified atom stereocenters. The Kier molecular flexibility index (Phi) is 6.63. The van der Waals surface area contributed by atoms with Gasteiger partial charge < -0.3 is 15.4 Å². The lowest BCUT2D eigenvalue weighted by Gasteiger charge is -2.41. The Morgan fingerprint density at radius 3 is 2.81 bits per heavy atom. The van der Waals surface area contributed by atoms with Crippen LogP contribution in [0.3, 0.4) is 0 Å². The lowest BCUT2D eigenvalue weighted by Crippen LogP contribution is -2.56. The molecule has 3 rings (SSSR count). The maximum atomic E-state index is 5.46. The number of aryl methyl sites for hydroxylation is 1. The van der Waals surface area contributed by atoms with Gasteiger partial charge in [0.05, 0.1) is 13.2 Å². The molecule has 0 amide bonds. The Hall–Kier alpha value is -2.19. The van der Waals surface area contributed by atoms with E-state index in [-0.39, 0.29) is 5.54 Å². The quantitative estimate of drug-likeness (QED) is 0.427. The molecular weight excluding hydrogens is 342 g/mol. The van der Waals surface area contributed by atoms with Gasteiger partial charge in [-0.1, -0.05) is 6.07 Å². The van der Waals surface area contributed by atoms with E-state index in [9.17, 15) is 0 Å². The molecule has 2 N–H and O–H groups in total. The van der Waals surface area contributed by atoms with Crippen LogP contribution in [0.2, 0.25) is 0 Å². The van der Waals surface area contributed by atoms with Gasteiger partial charge in [0, 0.05) is 51.4 Å². The monoisotopic (exact) mass is 373 g/mol. The van der Waals surface area contributed by atoms with E-state index in [4.69, 9.17) is 4.74 Å². The van der Waals surface area contributed by atoms with Gasteiger partial charge in [0.25, 0.3) is 0 Å². The first kappa shape index (κ1) is 19.6. The van der Waals surface area contributed by atoms with E-state index in [1.54, 1.807) is 0 Å². The number of aliphatic imine (C=N–C) groups is 1. The number of fused-ring (bicyclic) bond motifs is 1. The number of hydrogen-bond acceptors (Lipinski definition) is 5. The largest absolute Gasteiger partial charge is 0.379 e. The Balaban J connectivity index is 1.41. The second-order valence-electron chi connectivity index (χ2n) is 7.41. The molecule has 3 heterocycles. The Bertz CT molecular complexity index is 749. The second kappa shape index (κ2) is 9.14. The number of hydrogen-bond donors (Lipinski definition) is 2. The van der Waals surface area contributed by atoms with Crippen LogP contribution in [0.15, 0.2) is 29.4 Å². The minimum absolute atomic E-state index is 0.0574. The molecule has 27 heavy (non-hydrogen) atoms. The molecule has 0 spiro atoms. The third-order valence-electron chi connectivity index (χ3n) is 5.03. The summed E-state index contributed by atoms with van der Waals surface area (Å²) in [6, 6.07) is 5.94. The molecule has 0 saturated carbocycles. The molecule has 1 aliphatic heterocycles. The first-order valence-electron chi connectivity index (χ1n) is 9.66. The highest BCUT2D eigenvalue weighted by molar-refractivity contribution is 5.79. The minimum atomic E-state index is 0.0574. The van der Waals surface area contributed by atoms with Gasteiger partial charge in [-0.2, -0.15) is 0 Å². The van der Waals surface area contributed by atoms with Crippen LogP contribution < -0.4 is 10.6 Å².